The number of hydrogen-bond acceptors (Lipinski definition) is 6. The largest absolute Gasteiger partial charge is 0.368 e. The molecule has 1 saturated carbocycles. The van der Waals surface area contributed by atoms with Gasteiger partial charge in [0.25, 0.3) is 0 Å². The Kier molecular flexibility index (Phi) is 4.70. The van der Waals surface area contributed by atoms with E-state index in [-0.39, 0.29) is 0 Å². The highest BCUT2D eigenvalue weighted by Crippen LogP contribution is 2.25. The van der Waals surface area contributed by atoms with Gasteiger partial charge in [-0.25, -0.2) is 0 Å². The summed E-state index contributed by atoms with van der Waals surface area (Å²) in [7, 11) is 0. The van der Waals surface area contributed by atoms with Gasteiger partial charge in [0.2, 0.25) is 5.95 Å². The first kappa shape index (κ1) is 16.1. The Morgan fingerprint density at radius 3 is 2.12 bits per heavy atom. The van der Waals surface area contributed by atoms with Crippen molar-refractivity contribution in [1.29, 1.82) is 0 Å². The van der Waals surface area contributed by atoms with Gasteiger partial charge in [-0.05, 0) is 31.2 Å². The fourth-order valence-electron chi connectivity index (χ4n) is 3.34. The van der Waals surface area contributed by atoms with Gasteiger partial charge < -0.3 is 16.4 Å². The molecule has 2 aromatic rings. The van der Waals surface area contributed by atoms with Gasteiger partial charge in [0.1, 0.15) is 11.6 Å². The molecule has 6 nitrogen and oxygen atoms in total. The zero-order valence-corrected chi connectivity index (χ0v) is 14.5. The monoisotopic (exact) mass is 338 g/mol. The number of aromatic nitrogens is 2. The van der Waals surface area contributed by atoms with E-state index in [1.807, 2.05) is 6.07 Å². The summed E-state index contributed by atoms with van der Waals surface area (Å²) in [5, 5.41) is 6.93. The Hall–Kier alpha value is -2.34. The second kappa shape index (κ2) is 7.27. The zero-order chi connectivity index (χ0) is 17.1. The van der Waals surface area contributed by atoms with E-state index < -0.39 is 0 Å². The maximum absolute atomic E-state index is 5.86. The number of nitrogens with one attached hydrogen (secondary N) is 2. The van der Waals surface area contributed by atoms with Gasteiger partial charge in [-0.15, -0.1) is 0 Å². The SMILES string of the molecule is Nc1nc(NC2CC2)cc(NC2CCN(Cc3ccccc3)CC2)n1. The number of nitrogens with zero attached hydrogens (tertiary/aromatic N) is 3. The molecule has 25 heavy (non-hydrogen) atoms. The number of piperidine rings is 1. The van der Waals surface area contributed by atoms with Gasteiger partial charge in [0, 0.05) is 37.8 Å². The Bertz CT molecular complexity index is 692. The van der Waals surface area contributed by atoms with Crippen LogP contribution in [0.25, 0.3) is 0 Å². The second-order valence-corrected chi connectivity index (χ2v) is 7.10. The predicted octanol–water partition coefficient (Wildman–Crippen LogP) is 2.71. The lowest BCUT2D eigenvalue weighted by molar-refractivity contribution is 0.211. The molecule has 1 saturated heterocycles. The Morgan fingerprint density at radius 2 is 1.52 bits per heavy atom. The third-order valence-corrected chi connectivity index (χ3v) is 4.86. The summed E-state index contributed by atoms with van der Waals surface area (Å²) in [5.41, 5.74) is 7.24. The van der Waals surface area contributed by atoms with Crippen molar-refractivity contribution in [3.05, 3.63) is 42.0 Å². The molecule has 1 aromatic heterocycles. The summed E-state index contributed by atoms with van der Waals surface area (Å²) in [6.45, 7) is 3.23. The maximum atomic E-state index is 5.86. The number of hydrogen-bond donors (Lipinski definition) is 3. The highest BCUT2D eigenvalue weighted by atomic mass is 15.2. The van der Waals surface area contributed by atoms with Gasteiger partial charge >= 0.3 is 0 Å². The third kappa shape index (κ3) is 4.60. The van der Waals surface area contributed by atoms with Crippen LogP contribution < -0.4 is 16.4 Å². The average molecular weight is 338 g/mol. The first-order chi connectivity index (χ1) is 12.2. The molecule has 0 unspecified atom stereocenters. The van der Waals surface area contributed by atoms with E-state index in [4.69, 9.17) is 5.73 Å². The van der Waals surface area contributed by atoms with Gasteiger partial charge in [-0.3, -0.25) is 4.90 Å². The van der Waals surface area contributed by atoms with Crippen LogP contribution in [0.1, 0.15) is 31.2 Å². The van der Waals surface area contributed by atoms with Crippen LogP contribution >= 0.6 is 0 Å². The van der Waals surface area contributed by atoms with E-state index in [0.29, 0.717) is 18.0 Å². The Morgan fingerprint density at radius 1 is 0.920 bits per heavy atom. The molecule has 0 bridgehead atoms. The van der Waals surface area contributed by atoms with Gasteiger partial charge in [-0.2, -0.15) is 9.97 Å². The molecule has 2 aliphatic rings. The number of nitrogen functional groups attached to an aromatic ring is 1. The molecule has 2 fully saturated rings. The molecule has 1 aromatic carbocycles. The van der Waals surface area contributed by atoms with Crippen molar-refractivity contribution in [2.45, 2.75) is 44.3 Å². The second-order valence-electron chi connectivity index (χ2n) is 7.10. The third-order valence-electron chi connectivity index (χ3n) is 4.86. The van der Waals surface area contributed by atoms with Crippen LogP contribution in [-0.2, 0) is 6.54 Å². The topological polar surface area (TPSA) is 79.1 Å². The minimum absolute atomic E-state index is 0.328. The van der Waals surface area contributed by atoms with Crippen molar-refractivity contribution in [2.24, 2.45) is 0 Å². The fraction of sp³-hybridized carbons (Fsp3) is 0.474. The van der Waals surface area contributed by atoms with E-state index in [0.717, 1.165) is 44.1 Å². The maximum Gasteiger partial charge on any atom is 0.223 e. The molecule has 4 N–H and O–H groups in total. The molecule has 1 aliphatic carbocycles. The molecule has 4 rings (SSSR count). The van der Waals surface area contributed by atoms with E-state index in [9.17, 15) is 0 Å². The van der Waals surface area contributed by atoms with E-state index in [1.54, 1.807) is 0 Å². The van der Waals surface area contributed by atoms with Gasteiger partial charge in [0.15, 0.2) is 0 Å². The van der Waals surface area contributed by atoms with E-state index in [2.05, 4.69) is 55.8 Å². The molecule has 2 heterocycles. The lowest BCUT2D eigenvalue weighted by Crippen LogP contribution is -2.38. The molecular formula is C19H26N6. The van der Waals surface area contributed by atoms with Gasteiger partial charge in [0.05, 0.1) is 0 Å². The zero-order valence-electron chi connectivity index (χ0n) is 14.5. The summed E-state index contributed by atoms with van der Waals surface area (Å²) < 4.78 is 0. The highest BCUT2D eigenvalue weighted by Gasteiger charge is 2.23. The molecule has 6 heteroatoms. The average Bonchev–Trinajstić information content (AvgIpc) is 3.41. The van der Waals surface area contributed by atoms with Crippen LogP contribution in [-0.4, -0.2) is 40.0 Å². The van der Waals surface area contributed by atoms with Crippen LogP contribution in [0.5, 0.6) is 0 Å². The lowest BCUT2D eigenvalue weighted by atomic mass is 10.0. The molecule has 1 aliphatic heterocycles. The van der Waals surface area contributed by atoms with E-state index in [1.165, 1.54) is 18.4 Å². The molecule has 0 spiro atoms. The number of likely N-dealkylation sites (tertiary alicyclic amines) is 1. The van der Waals surface area contributed by atoms with Crippen LogP contribution in [0, 0.1) is 0 Å². The molecule has 0 atom stereocenters. The van der Waals surface area contributed by atoms with Crippen LogP contribution in [0.2, 0.25) is 0 Å². The number of rotatable bonds is 6. The van der Waals surface area contributed by atoms with Crippen LogP contribution in [0.3, 0.4) is 0 Å². The molecular weight excluding hydrogens is 312 g/mol. The molecule has 132 valence electrons. The lowest BCUT2D eigenvalue weighted by Gasteiger charge is -2.32. The van der Waals surface area contributed by atoms with Crippen molar-refractivity contribution in [2.75, 3.05) is 29.5 Å². The Labute approximate surface area is 148 Å². The Balaban J connectivity index is 1.30. The van der Waals surface area contributed by atoms with Crippen molar-refractivity contribution in [3.63, 3.8) is 0 Å². The normalized spacial score (nSPS) is 18.9. The number of anilines is 3. The molecule has 0 amide bonds. The number of benzene rings is 1. The quantitative estimate of drug-likeness (QED) is 0.751. The minimum Gasteiger partial charge on any atom is -0.368 e. The molecule has 0 radical (unpaired) electrons. The predicted molar refractivity (Wildman–Crippen MR) is 101 cm³/mol. The summed E-state index contributed by atoms with van der Waals surface area (Å²) in [5.74, 6) is 1.99. The minimum atomic E-state index is 0.328. The highest BCUT2D eigenvalue weighted by molar-refractivity contribution is 5.52. The van der Waals surface area contributed by atoms with Crippen LogP contribution in [0.4, 0.5) is 17.6 Å². The van der Waals surface area contributed by atoms with Crippen molar-refractivity contribution >= 4 is 17.6 Å². The summed E-state index contributed by atoms with van der Waals surface area (Å²) in [4.78, 5) is 11.1. The van der Waals surface area contributed by atoms with Crippen LogP contribution in [0.15, 0.2) is 36.4 Å². The standard InChI is InChI=1S/C19H26N6/c20-19-23-17(21-15-6-7-15)12-18(24-19)22-16-8-10-25(11-9-16)13-14-4-2-1-3-5-14/h1-5,12,15-16H,6-11,13H2,(H4,20,21,22,23,24). The number of nitrogens with two attached hydrogens (primary N) is 1. The van der Waals surface area contributed by atoms with E-state index >= 15 is 0 Å². The summed E-state index contributed by atoms with van der Waals surface area (Å²) >= 11 is 0. The summed E-state index contributed by atoms with van der Waals surface area (Å²) in [6, 6.07) is 13.7. The summed E-state index contributed by atoms with van der Waals surface area (Å²) in [6.07, 6.45) is 4.66. The smallest absolute Gasteiger partial charge is 0.223 e. The van der Waals surface area contributed by atoms with Crippen molar-refractivity contribution in [3.8, 4) is 0 Å². The fourth-order valence-corrected chi connectivity index (χ4v) is 3.34. The van der Waals surface area contributed by atoms with Crippen molar-refractivity contribution < 1.29 is 0 Å². The van der Waals surface area contributed by atoms with Crippen molar-refractivity contribution in [1.82, 2.24) is 14.9 Å². The first-order valence-electron chi connectivity index (χ1n) is 9.18. The van der Waals surface area contributed by atoms with Gasteiger partial charge in [-0.1, -0.05) is 30.3 Å². The first-order valence-corrected chi connectivity index (χ1v) is 9.18.